The molecule has 0 N–H and O–H groups in total. The molecule has 0 saturated carbocycles. The van der Waals surface area contributed by atoms with Gasteiger partial charge in [-0.15, -0.1) is 0 Å². The molecular weight excluding hydrogens is 279 g/mol. The van der Waals surface area contributed by atoms with Crippen molar-refractivity contribution in [1.82, 2.24) is 4.90 Å². The number of halogens is 1. The van der Waals surface area contributed by atoms with Gasteiger partial charge in [0.15, 0.2) is 0 Å². The maximum Gasteiger partial charge on any atom is 0.270 e. The predicted molar refractivity (Wildman–Crippen MR) is 73.7 cm³/mol. The van der Waals surface area contributed by atoms with Crippen LogP contribution in [0.5, 0.6) is 0 Å². The number of carbonyl (C=O) groups excluding carboxylic acids is 1. The highest BCUT2D eigenvalue weighted by Crippen LogP contribution is 2.23. The zero-order valence-electron chi connectivity index (χ0n) is 12.1. The number of morpholine rings is 1. The number of nitro benzene ring substituents is 1. The van der Waals surface area contributed by atoms with Gasteiger partial charge in [0.1, 0.15) is 5.82 Å². The standard InChI is InChI=1S/C14H17FN2O4/c1-8-4-11(17(19)20)5-12(13(8)15)14(18)16-6-9(2)21-10(3)7-16/h4-5,9-10H,6-7H2,1-3H3. The number of nitrogens with zero attached hydrogens (tertiary/aromatic N) is 2. The van der Waals surface area contributed by atoms with Crippen LogP contribution in [0.15, 0.2) is 12.1 Å². The second kappa shape index (κ2) is 5.77. The van der Waals surface area contributed by atoms with Gasteiger partial charge in [-0.2, -0.15) is 0 Å². The number of amides is 1. The third kappa shape index (κ3) is 3.18. The van der Waals surface area contributed by atoms with E-state index in [2.05, 4.69) is 0 Å². The molecule has 0 aliphatic carbocycles. The summed E-state index contributed by atoms with van der Waals surface area (Å²) in [5, 5.41) is 10.9. The Balaban J connectivity index is 2.36. The first-order valence-electron chi connectivity index (χ1n) is 6.69. The molecule has 1 amide bonds. The number of carbonyl (C=O) groups is 1. The highest BCUT2D eigenvalue weighted by molar-refractivity contribution is 5.95. The van der Waals surface area contributed by atoms with E-state index >= 15 is 0 Å². The lowest BCUT2D eigenvalue weighted by Crippen LogP contribution is -2.48. The van der Waals surface area contributed by atoms with Gasteiger partial charge in [0, 0.05) is 25.2 Å². The summed E-state index contributed by atoms with van der Waals surface area (Å²) in [4.78, 5) is 24.1. The van der Waals surface area contributed by atoms with E-state index in [1.165, 1.54) is 11.8 Å². The van der Waals surface area contributed by atoms with Crippen molar-refractivity contribution in [2.75, 3.05) is 13.1 Å². The monoisotopic (exact) mass is 296 g/mol. The van der Waals surface area contributed by atoms with Gasteiger partial charge in [-0.05, 0) is 26.3 Å². The number of nitro groups is 1. The van der Waals surface area contributed by atoms with Crippen LogP contribution < -0.4 is 0 Å². The van der Waals surface area contributed by atoms with E-state index < -0.39 is 16.6 Å². The molecule has 1 saturated heterocycles. The van der Waals surface area contributed by atoms with Crippen LogP contribution in [0.2, 0.25) is 0 Å². The normalized spacial score (nSPS) is 22.2. The fourth-order valence-corrected chi connectivity index (χ4v) is 2.53. The molecule has 1 fully saturated rings. The van der Waals surface area contributed by atoms with Crippen molar-refractivity contribution < 1.29 is 18.8 Å². The Morgan fingerprint density at radius 3 is 2.48 bits per heavy atom. The predicted octanol–water partition coefficient (Wildman–Crippen LogP) is 2.29. The maximum absolute atomic E-state index is 14.1. The summed E-state index contributed by atoms with van der Waals surface area (Å²) < 4.78 is 19.7. The molecule has 2 unspecified atom stereocenters. The van der Waals surface area contributed by atoms with Crippen molar-refractivity contribution in [3.63, 3.8) is 0 Å². The molecule has 21 heavy (non-hydrogen) atoms. The molecule has 114 valence electrons. The number of hydrogen-bond donors (Lipinski definition) is 0. The lowest BCUT2D eigenvalue weighted by atomic mass is 10.1. The Morgan fingerprint density at radius 2 is 1.95 bits per heavy atom. The fraction of sp³-hybridized carbons (Fsp3) is 0.500. The van der Waals surface area contributed by atoms with Crippen LogP contribution in [0.4, 0.5) is 10.1 Å². The molecule has 2 atom stereocenters. The minimum absolute atomic E-state index is 0.0851. The number of ether oxygens (including phenoxy) is 1. The first kappa shape index (κ1) is 15.4. The summed E-state index contributed by atoms with van der Waals surface area (Å²) in [6.45, 7) is 5.73. The first-order chi connectivity index (χ1) is 9.79. The largest absolute Gasteiger partial charge is 0.372 e. The molecule has 1 aliphatic rings. The zero-order chi connectivity index (χ0) is 15.7. The van der Waals surface area contributed by atoms with Gasteiger partial charge in [0.2, 0.25) is 0 Å². The minimum atomic E-state index is -0.711. The average molecular weight is 296 g/mol. The third-order valence-electron chi connectivity index (χ3n) is 3.39. The lowest BCUT2D eigenvalue weighted by Gasteiger charge is -2.35. The Hall–Kier alpha value is -2.02. The third-order valence-corrected chi connectivity index (χ3v) is 3.39. The Labute approximate surface area is 121 Å². The smallest absolute Gasteiger partial charge is 0.270 e. The van der Waals surface area contributed by atoms with Crippen LogP contribution in [0, 0.1) is 22.9 Å². The minimum Gasteiger partial charge on any atom is -0.372 e. The van der Waals surface area contributed by atoms with Gasteiger partial charge in [-0.25, -0.2) is 4.39 Å². The maximum atomic E-state index is 14.1. The van der Waals surface area contributed by atoms with Gasteiger partial charge >= 0.3 is 0 Å². The molecule has 1 heterocycles. The van der Waals surface area contributed by atoms with Crippen LogP contribution in [0.3, 0.4) is 0 Å². The summed E-state index contributed by atoms with van der Waals surface area (Å²) in [5.74, 6) is -1.25. The van der Waals surface area contributed by atoms with Gasteiger partial charge in [0.25, 0.3) is 11.6 Å². The SMILES string of the molecule is Cc1cc([N+](=O)[O-])cc(C(=O)N2CC(C)OC(C)C2)c1F. The number of benzene rings is 1. The van der Waals surface area contributed by atoms with Crippen LogP contribution >= 0.6 is 0 Å². The van der Waals surface area contributed by atoms with Crippen molar-refractivity contribution in [3.8, 4) is 0 Å². The van der Waals surface area contributed by atoms with Crippen molar-refractivity contribution in [2.45, 2.75) is 33.0 Å². The molecule has 0 radical (unpaired) electrons. The van der Waals surface area contributed by atoms with E-state index in [0.717, 1.165) is 12.1 Å². The van der Waals surface area contributed by atoms with Gasteiger partial charge in [-0.3, -0.25) is 14.9 Å². The van der Waals surface area contributed by atoms with E-state index in [9.17, 15) is 19.3 Å². The Morgan fingerprint density at radius 1 is 1.38 bits per heavy atom. The summed E-state index contributed by atoms with van der Waals surface area (Å²) in [6, 6.07) is 2.12. The van der Waals surface area contributed by atoms with E-state index in [4.69, 9.17) is 4.74 Å². The molecule has 7 heteroatoms. The Bertz CT molecular complexity index is 581. The van der Waals surface area contributed by atoms with E-state index in [-0.39, 0.29) is 29.0 Å². The number of rotatable bonds is 2. The van der Waals surface area contributed by atoms with Crippen LogP contribution in [0.1, 0.15) is 29.8 Å². The summed E-state index contributed by atoms with van der Waals surface area (Å²) in [6.07, 6.45) is -0.305. The highest BCUT2D eigenvalue weighted by atomic mass is 19.1. The van der Waals surface area contributed by atoms with Crippen molar-refractivity contribution in [3.05, 3.63) is 39.2 Å². The van der Waals surface area contributed by atoms with Gasteiger partial charge in [0.05, 0.1) is 22.7 Å². The molecule has 0 bridgehead atoms. The average Bonchev–Trinajstić information content (AvgIpc) is 2.39. The first-order valence-corrected chi connectivity index (χ1v) is 6.69. The summed E-state index contributed by atoms with van der Waals surface area (Å²) in [7, 11) is 0. The zero-order valence-corrected chi connectivity index (χ0v) is 12.1. The summed E-state index contributed by atoms with van der Waals surface area (Å²) >= 11 is 0. The molecule has 2 rings (SSSR count). The second-order valence-corrected chi connectivity index (χ2v) is 5.35. The molecule has 1 aromatic rings. The molecule has 0 spiro atoms. The summed E-state index contributed by atoms with van der Waals surface area (Å²) in [5.41, 5.74) is -0.462. The van der Waals surface area contributed by atoms with Crippen molar-refractivity contribution in [1.29, 1.82) is 0 Å². The van der Waals surface area contributed by atoms with Gasteiger partial charge in [-0.1, -0.05) is 0 Å². The highest BCUT2D eigenvalue weighted by Gasteiger charge is 2.29. The van der Waals surface area contributed by atoms with Crippen LogP contribution in [-0.4, -0.2) is 41.0 Å². The molecule has 6 nitrogen and oxygen atoms in total. The molecule has 0 aromatic heterocycles. The Kier molecular flexibility index (Phi) is 4.22. The lowest BCUT2D eigenvalue weighted by molar-refractivity contribution is -0.385. The number of hydrogen-bond acceptors (Lipinski definition) is 4. The number of non-ortho nitro benzene ring substituents is 1. The topological polar surface area (TPSA) is 72.7 Å². The van der Waals surface area contributed by atoms with Gasteiger partial charge < -0.3 is 9.64 Å². The van der Waals surface area contributed by atoms with E-state index in [1.54, 1.807) is 0 Å². The molecule has 1 aromatic carbocycles. The number of aryl methyl sites for hydroxylation is 1. The van der Waals surface area contributed by atoms with E-state index in [0.29, 0.717) is 13.1 Å². The van der Waals surface area contributed by atoms with Crippen LogP contribution in [-0.2, 0) is 4.74 Å². The van der Waals surface area contributed by atoms with Crippen LogP contribution in [0.25, 0.3) is 0 Å². The quantitative estimate of drug-likeness (QED) is 0.620. The second-order valence-electron chi connectivity index (χ2n) is 5.35. The van der Waals surface area contributed by atoms with Crippen molar-refractivity contribution >= 4 is 11.6 Å². The van der Waals surface area contributed by atoms with Crippen molar-refractivity contribution in [2.24, 2.45) is 0 Å². The fourth-order valence-electron chi connectivity index (χ4n) is 2.53. The molecular formula is C14H17FN2O4. The molecule has 1 aliphatic heterocycles. The van der Waals surface area contributed by atoms with E-state index in [1.807, 2.05) is 13.8 Å².